The highest BCUT2D eigenvalue weighted by Gasteiger charge is 2.21. The minimum absolute atomic E-state index is 0.0288. The van der Waals surface area contributed by atoms with E-state index in [2.05, 4.69) is 5.32 Å². The van der Waals surface area contributed by atoms with Crippen molar-refractivity contribution >= 4 is 5.78 Å². The van der Waals surface area contributed by atoms with Crippen LogP contribution < -0.4 is 5.32 Å². The molecule has 1 fully saturated rings. The van der Waals surface area contributed by atoms with E-state index in [9.17, 15) is 9.18 Å². The fourth-order valence-electron chi connectivity index (χ4n) is 1.51. The van der Waals surface area contributed by atoms with Gasteiger partial charge < -0.3 is 5.32 Å². The molecule has 3 heteroatoms. The zero-order chi connectivity index (χ0) is 10.8. The topological polar surface area (TPSA) is 29.1 Å². The molecule has 80 valence electrons. The van der Waals surface area contributed by atoms with E-state index in [0.29, 0.717) is 18.2 Å². The smallest absolute Gasteiger partial charge is 0.176 e. The lowest BCUT2D eigenvalue weighted by molar-refractivity contribution is 0.0989. The van der Waals surface area contributed by atoms with Crippen molar-refractivity contribution in [2.24, 2.45) is 0 Å². The summed E-state index contributed by atoms with van der Waals surface area (Å²) in [6, 6.07) is 4.83. The third-order valence-electron chi connectivity index (χ3n) is 2.63. The van der Waals surface area contributed by atoms with Crippen molar-refractivity contribution in [3.63, 3.8) is 0 Å². The fraction of sp³-hybridized carbons (Fsp3) is 0.417. The number of aryl methyl sites for hydroxylation is 1. The molecule has 2 rings (SSSR count). The third kappa shape index (κ3) is 2.63. The molecular weight excluding hydrogens is 193 g/mol. The molecule has 1 aromatic rings. The normalized spacial score (nSPS) is 15.3. The Labute approximate surface area is 88.5 Å². The molecule has 0 atom stereocenters. The summed E-state index contributed by atoms with van der Waals surface area (Å²) in [5.41, 5.74) is 1.32. The molecule has 0 saturated heterocycles. The quantitative estimate of drug-likeness (QED) is 0.766. The Morgan fingerprint density at radius 1 is 1.53 bits per heavy atom. The summed E-state index contributed by atoms with van der Waals surface area (Å²) in [5, 5.41) is 3.13. The standard InChI is InChI=1S/C12H14FNO/c1-8-2-3-9(13)6-11(8)12(15)7-14-10-4-5-10/h2-3,6,10,14H,4-5,7H2,1H3. The van der Waals surface area contributed by atoms with Gasteiger partial charge in [-0.2, -0.15) is 0 Å². The SMILES string of the molecule is Cc1ccc(F)cc1C(=O)CNC1CC1. The fourth-order valence-corrected chi connectivity index (χ4v) is 1.51. The maximum absolute atomic E-state index is 12.9. The van der Waals surface area contributed by atoms with Crippen LogP contribution in [-0.2, 0) is 0 Å². The Morgan fingerprint density at radius 2 is 2.27 bits per heavy atom. The number of nitrogens with one attached hydrogen (secondary N) is 1. The molecule has 0 heterocycles. The molecule has 1 saturated carbocycles. The van der Waals surface area contributed by atoms with Gasteiger partial charge in [0.05, 0.1) is 6.54 Å². The van der Waals surface area contributed by atoms with Crippen LogP contribution in [0.15, 0.2) is 18.2 Å². The number of halogens is 1. The molecule has 0 aliphatic heterocycles. The number of Topliss-reactive ketones (excluding diaryl/α,β-unsaturated/α-hetero) is 1. The second-order valence-corrected chi connectivity index (χ2v) is 4.04. The summed E-state index contributed by atoms with van der Waals surface area (Å²) in [7, 11) is 0. The average molecular weight is 207 g/mol. The summed E-state index contributed by atoms with van der Waals surface area (Å²) in [6.07, 6.45) is 2.30. The molecule has 15 heavy (non-hydrogen) atoms. The van der Waals surface area contributed by atoms with E-state index in [-0.39, 0.29) is 11.6 Å². The zero-order valence-corrected chi connectivity index (χ0v) is 8.72. The van der Waals surface area contributed by atoms with Crippen LogP contribution in [0.2, 0.25) is 0 Å². The lowest BCUT2D eigenvalue weighted by atomic mass is 10.0. The van der Waals surface area contributed by atoms with Crippen molar-refractivity contribution in [2.75, 3.05) is 6.54 Å². The monoisotopic (exact) mass is 207 g/mol. The van der Waals surface area contributed by atoms with E-state index in [1.807, 2.05) is 6.92 Å². The first kappa shape index (κ1) is 10.3. The Balaban J connectivity index is 2.05. The van der Waals surface area contributed by atoms with Gasteiger partial charge >= 0.3 is 0 Å². The Kier molecular flexibility index (Phi) is 2.82. The van der Waals surface area contributed by atoms with Crippen molar-refractivity contribution in [1.29, 1.82) is 0 Å². The van der Waals surface area contributed by atoms with E-state index in [1.165, 1.54) is 12.1 Å². The zero-order valence-electron chi connectivity index (χ0n) is 8.72. The molecule has 0 amide bonds. The number of carbonyl (C=O) groups excluding carboxylic acids is 1. The van der Waals surface area contributed by atoms with Gasteiger partial charge in [0.2, 0.25) is 0 Å². The number of hydrogen-bond donors (Lipinski definition) is 1. The number of hydrogen-bond acceptors (Lipinski definition) is 2. The third-order valence-corrected chi connectivity index (χ3v) is 2.63. The van der Waals surface area contributed by atoms with E-state index in [4.69, 9.17) is 0 Å². The highest BCUT2D eigenvalue weighted by Crippen LogP contribution is 2.18. The summed E-state index contributed by atoms with van der Waals surface area (Å²) in [6.45, 7) is 2.14. The Bertz CT molecular complexity index is 385. The molecule has 0 bridgehead atoms. The van der Waals surface area contributed by atoms with Crippen LogP contribution >= 0.6 is 0 Å². The van der Waals surface area contributed by atoms with Crippen LogP contribution in [-0.4, -0.2) is 18.4 Å². The highest BCUT2D eigenvalue weighted by molar-refractivity contribution is 5.98. The predicted molar refractivity (Wildman–Crippen MR) is 56.5 cm³/mol. The van der Waals surface area contributed by atoms with E-state index < -0.39 is 0 Å². The first-order chi connectivity index (χ1) is 7.16. The summed E-state index contributed by atoms with van der Waals surface area (Å²) >= 11 is 0. The first-order valence-corrected chi connectivity index (χ1v) is 5.19. The second kappa shape index (κ2) is 4.11. The highest BCUT2D eigenvalue weighted by atomic mass is 19.1. The maximum atomic E-state index is 12.9. The number of ketones is 1. The molecule has 0 spiro atoms. The van der Waals surface area contributed by atoms with Crippen LogP contribution in [0.5, 0.6) is 0 Å². The minimum atomic E-state index is -0.352. The van der Waals surface area contributed by atoms with Crippen molar-refractivity contribution in [3.05, 3.63) is 35.1 Å². The first-order valence-electron chi connectivity index (χ1n) is 5.19. The molecule has 2 nitrogen and oxygen atoms in total. The molecule has 0 unspecified atom stereocenters. The summed E-state index contributed by atoms with van der Waals surface area (Å²) in [5.74, 6) is -0.380. The number of rotatable bonds is 4. The Morgan fingerprint density at radius 3 is 2.93 bits per heavy atom. The van der Waals surface area contributed by atoms with Crippen LogP contribution in [0.1, 0.15) is 28.8 Å². The summed E-state index contributed by atoms with van der Waals surface area (Å²) < 4.78 is 12.9. The van der Waals surface area contributed by atoms with Crippen LogP contribution in [0.3, 0.4) is 0 Å². The summed E-state index contributed by atoms with van der Waals surface area (Å²) in [4.78, 5) is 11.7. The minimum Gasteiger partial charge on any atom is -0.307 e. The van der Waals surface area contributed by atoms with Crippen molar-refractivity contribution in [3.8, 4) is 0 Å². The van der Waals surface area contributed by atoms with Crippen LogP contribution in [0.25, 0.3) is 0 Å². The largest absolute Gasteiger partial charge is 0.307 e. The van der Waals surface area contributed by atoms with Gasteiger partial charge in [-0.05, 0) is 37.5 Å². The average Bonchev–Trinajstić information content (AvgIpc) is 3.02. The van der Waals surface area contributed by atoms with Crippen LogP contribution in [0.4, 0.5) is 4.39 Å². The van der Waals surface area contributed by atoms with E-state index in [1.54, 1.807) is 6.07 Å². The maximum Gasteiger partial charge on any atom is 0.176 e. The van der Waals surface area contributed by atoms with Crippen LogP contribution in [0, 0.1) is 12.7 Å². The van der Waals surface area contributed by atoms with E-state index in [0.717, 1.165) is 18.4 Å². The van der Waals surface area contributed by atoms with Gasteiger partial charge in [0.15, 0.2) is 5.78 Å². The molecule has 1 aliphatic rings. The molecular formula is C12H14FNO. The second-order valence-electron chi connectivity index (χ2n) is 4.04. The molecule has 1 aromatic carbocycles. The van der Waals surface area contributed by atoms with Gasteiger partial charge in [-0.25, -0.2) is 4.39 Å². The van der Waals surface area contributed by atoms with Crippen molar-refractivity contribution < 1.29 is 9.18 Å². The van der Waals surface area contributed by atoms with Gasteiger partial charge in [-0.15, -0.1) is 0 Å². The van der Waals surface area contributed by atoms with Gasteiger partial charge in [0.25, 0.3) is 0 Å². The number of carbonyl (C=O) groups is 1. The molecule has 0 aromatic heterocycles. The predicted octanol–water partition coefficient (Wildman–Crippen LogP) is 2.07. The Hall–Kier alpha value is -1.22. The molecule has 1 aliphatic carbocycles. The lowest BCUT2D eigenvalue weighted by Gasteiger charge is -2.05. The van der Waals surface area contributed by atoms with Gasteiger partial charge in [0, 0.05) is 11.6 Å². The van der Waals surface area contributed by atoms with E-state index >= 15 is 0 Å². The van der Waals surface area contributed by atoms with Crippen molar-refractivity contribution in [2.45, 2.75) is 25.8 Å². The molecule has 0 radical (unpaired) electrons. The van der Waals surface area contributed by atoms with Gasteiger partial charge in [-0.3, -0.25) is 4.79 Å². The molecule has 1 N–H and O–H groups in total. The van der Waals surface area contributed by atoms with Gasteiger partial charge in [-0.1, -0.05) is 6.07 Å². The van der Waals surface area contributed by atoms with Gasteiger partial charge in [0.1, 0.15) is 5.82 Å². The number of benzene rings is 1. The van der Waals surface area contributed by atoms with Crippen molar-refractivity contribution in [1.82, 2.24) is 5.32 Å². The lowest BCUT2D eigenvalue weighted by Crippen LogP contribution is -2.25.